The molecule has 0 aliphatic heterocycles. The number of methoxy groups -OCH3 is 1. The summed E-state index contributed by atoms with van der Waals surface area (Å²) >= 11 is 3.32. The SMILES string of the molecule is CCN(CC(=CC#CC(C)(C)OC)COCC=Cc1ccsc1)Cc1cscn1. The molecule has 2 rings (SSSR count). The van der Waals surface area contributed by atoms with Crippen LogP contribution < -0.4 is 0 Å². The van der Waals surface area contributed by atoms with Gasteiger partial charge in [0, 0.05) is 25.6 Å². The molecule has 0 saturated heterocycles. The van der Waals surface area contributed by atoms with Crippen LogP contribution in [0.5, 0.6) is 0 Å². The zero-order chi connectivity index (χ0) is 21.0. The van der Waals surface area contributed by atoms with Crippen molar-refractivity contribution in [3.8, 4) is 11.8 Å². The fraction of sp³-hybridized carbons (Fsp3) is 0.435. The maximum atomic E-state index is 5.89. The predicted octanol–water partition coefficient (Wildman–Crippen LogP) is 5.11. The molecular formula is C23H30N2O2S2. The smallest absolute Gasteiger partial charge is 0.123 e. The lowest BCUT2D eigenvalue weighted by Crippen LogP contribution is -2.26. The number of hydrogen-bond donors (Lipinski definition) is 0. The van der Waals surface area contributed by atoms with Crippen LogP contribution in [0.25, 0.3) is 6.08 Å². The van der Waals surface area contributed by atoms with E-state index in [-0.39, 0.29) is 0 Å². The Morgan fingerprint density at radius 3 is 2.83 bits per heavy atom. The summed E-state index contributed by atoms with van der Waals surface area (Å²) in [6, 6.07) is 2.09. The van der Waals surface area contributed by atoms with E-state index in [9.17, 15) is 0 Å². The second kappa shape index (κ2) is 12.7. The molecule has 4 nitrogen and oxygen atoms in total. The van der Waals surface area contributed by atoms with E-state index in [1.54, 1.807) is 29.8 Å². The topological polar surface area (TPSA) is 34.6 Å². The van der Waals surface area contributed by atoms with Crippen LogP contribution in [0.1, 0.15) is 32.0 Å². The van der Waals surface area contributed by atoms with Crippen molar-refractivity contribution in [3.05, 3.63) is 56.7 Å². The third-order valence-electron chi connectivity index (χ3n) is 4.26. The first-order chi connectivity index (χ1) is 14.0. The molecule has 0 unspecified atom stereocenters. The van der Waals surface area contributed by atoms with E-state index in [4.69, 9.17) is 9.47 Å². The molecule has 156 valence electrons. The Bertz CT molecular complexity index is 813. The van der Waals surface area contributed by atoms with Gasteiger partial charge in [-0.3, -0.25) is 4.90 Å². The highest BCUT2D eigenvalue weighted by Gasteiger charge is 2.11. The number of nitrogens with zero attached hydrogens (tertiary/aromatic N) is 2. The number of thiazole rings is 1. The Labute approximate surface area is 182 Å². The molecule has 0 atom stereocenters. The molecule has 0 bridgehead atoms. The molecule has 2 heterocycles. The second-order valence-corrected chi connectivity index (χ2v) is 8.54. The Balaban J connectivity index is 1.97. The van der Waals surface area contributed by atoms with Crippen LogP contribution in [0.4, 0.5) is 0 Å². The van der Waals surface area contributed by atoms with Gasteiger partial charge in [-0.1, -0.05) is 30.9 Å². The number of aromatic nitrogens is 1. The van der Waals surface area contributed by atoms with Crippen molar-refractivity contribution >= 4 is 28.7 Å². The summed E-state index contributed by atoms with van der Waals surface area (Å²) in [4.78, 5) is 6.74. The molecule has 2 aromatic rings. The van der Waals surface area contributed by atoms with Crippen molar-refractivity contribution < 1.29 is 9.47 Å². The van der Waals surface area contributed by atoms with Gasteiger partial charge in [0.2, 0.25) is 0 Å². The maximum absolute atomic E-state index is 5.89. The molecule has 0 aliphatic rings. The van der Waals surface area contributed by atoms with E-state index in [1.165, 1.54) is 5.56 Å². The van der Waals surface area contributed by atoms with Gasteiger partial charge in [0.15, 0.2) is 0 Å². The van der Waals surface area contributed by atoms with Crippen molar-refractivity contribution in [1.82, 2.24) is 9.88 Å². The van der Waals surface area contributed by atoms with Gasteiger partial charge >= 0.3 is 0 Å². The van der Waals surface area contributed by atoms with Crippen LogP contribution >= 0.6 is 22.7 Å². The van der Waals surface area contributed by atoms with Crippen molar-refractivity contribution in [3.63, 3.8) is 0 Å². The predicted molar refractivity (Wildman–Crippen MR) is 124 cm³/mol. The standard InChI is InChI=1S/C23H30N2O2S2/c1-5-25(15-22-18-29-19-24-22)14-21(8-6-11-23(2,3)26-4)16-27-12-7-9-20-10-13-28-17-20/h7-10,13,17-19H,5,12,14-16H2,1-4H3. The minimum atomic E-state index is -0.462. The highest BCUT2D eigenvalue weighted by molar-refractivity contribution is 7.08. The zero-order valence-corrected chi connectivity index (χ0v) is 19.3. The van der Waals surface area contributed by atoms with E-state index in [0.29, 0.717) is 13.2 Å². The lowest BCUT2D eigenvalue weighted by molar-refractivity contribution is 0.0742. The third-order valence-corrected chi connectivity index (χ3v) is 5.59. The largest absolute Gasteiger partial charge is 0.373 e. The van der Waals surface area contributed by atoms with E-state index < -0.39 is 5.60 Å². The Morgan fingerprint density at radius 2 is 2.17 bits per heavy atom. The lowest BCUT2D eigenvalue weighted by atomic mass is 10.1. The van der Waals surface area contributed by atoms with E-state index in [2.05, 4.69) is 56.9 Å². The van der Waals surface area contributed by atoms with E-state index in [1.807, 2.05) is 31.5 Å². The van der Waals surface area contributed by atoms with Crippen LogP contribution in [0.3, 0.4) is 0 Å². The number of thiophene rings is 1. The van der Waals surface area contributed by atoms with Gasteiger partial charge in [0.25, 0.3) is 0 Å². The summed E-state index contributed by atoms with van der Waals surface area (Å²) in [7, 11) is 1.68. The normalized spacial score (nSPS) is 12.5. The Hall–Kier alpha value is -1.75. The van der Waals surface area contributed by atoms with Crippen molar-refractivity contribution in [2.24, 2.45) is 0 Å². The van der Waals surface area contributed by atoms with Gasteiger partial charge in [-0.15, -0.1) is 11.3 Å². The summed E-state index contributed by atoms with van der Waals surface area (Å²) in [6.45, 7) is 9.75. The summed E-state index contributed by atoms with van der Waals surface area (Å²) < 4.78 is 11.3. The molecule has 6 heteroatoms. The van der Waals surface area contributed by atoms with E-state index in [0.717, 1.165) is 30.9 Å². The molecule has 0 spiro atoms. The number of ether oxygens (including phenoxy) is 2. The Kier molecular flexibility index (Phi) is 10.3. The number of likely N-dealkylation sites (N-methyl/N-ethyl adjacent to an activating group) is 1. The average molecular weight is 431 g/mol. The number of allylic oxidation sites excluding steroid dienone is 1. The van der Waals surface area contributed by atoms with Crippen molar-refractivity contribution in [1.29, 1.82) is 0 Å². The van der Waals surface area contributed by atoms with Gasteiger partial charge in [-0.05, 0) is 54.4 Å². The molecule has 0 aromatic carbocycles. The second-order valence-electron chi connectivity index (χ2n) is 7.04. The molecular weight excluding hydrogens is 400 g/mol. The van der Waals surface area contributed by atoms with Gasteiger partial charge in [0.05, 0.1) is 24.4 Å². The summed E-state index contributed by atoms with van der Waals surface area (Å²) in [5.74, 6) is 6.30. The minimum absolute atomic E-state index is 0.462. The first kappa shape index (κ1) is 23.5. The third kappa shape index (κ3) is 9.53. The minimum Gasteiger partial charge on any atom is -0.373 e. The van der Waals surface area contributed by atoms with Crippen LogP contribution in [0.15, 0.2) is 45.4 Å². The molecule has 0 aliphatic carbocycles. The molecule has 2 aromatic heterocycles. The first-order valence-electron chi connectivity index (χ1n) is 9.64. The Morgan fingerprint density at radius 1 is 1.31 bits per heavy atom. The van der Waals surface area contributed by atoms with E-state index >= 15 is 0 Å². The fourth-order valence-electron chi connectivity index (χ4n) is 2.42. The summed E-state index contributed by atoms with van der Waals surface area (Å²) in [5.41, 5.74) is 4.87. The maximum Gasteiger partial charge on any atom is 0.123 e. The molecule has 0 amide bonds. The first-order valence-corrected chi connectivity index (χ1v) is 11.5. The monoisotopic (exact) mass is 430 g/mol. The van der Waals surface area contributed by atoms with Crippen molar-refractivity contribution in [2.75, 3.05) is 33.4 Å². The fourth-order valence-corrected chi connectivity index (χ4v) is 3.60. The van der Waals surface area contributed by atoms with Crippen LogP contribution in [0.2, 0.25) is 0 Å². The van der Waals surface area contributed by atoms with Crippen LogP contribution in [-0.4, -0.2) is 48.9 Å². The number of rotatable bonds is 11. The molecule has 0 fully saturated rings. The highest BCUT2D eigenvalue weighted by atomic mass is 32.1. The summed E-state index contributed by atoms with van der Waals surface area (Å²) in [6.07, 6.45) is 6.10. The van der Waals surface area contributed by atoms with Gasteiger partial charge in [-0.2, -0.15) is 11.3 Å². The molecule has 0 N–H and O–H groups in total. The van der Waals surface area contributed by atoms with Crippen molar-refractivity contribution in [2.45, 2.75) is 32.9 Å². The van der Waals surface area contributed by atoms with Crippen LogP contribution in [0, 0.1) is 11.8 Å². The van der Waals surface area contributed by atoms with Gasteiger partial charge in [0.1, 0.15) is 5.60 Å². The molecule has 0 radical (unpaired) electrons. The lowest BCUT2D eigenvalue weighted by Gasteiger charge is -2.21. The molecule has 0 saturated carbocycles. The quantitative estimate of drug-likeness (QED) is 0.366. The van der Waals surface area contributed by atoms with Gasteiger partial charge < -0.3 is 9.47 Å². The van der Waals surface area contributed by atoms with Gasteiger partial charge in [-0.25, -0.2) is 4.98 Å². The number of hydrogen-bond acceptors (Lipinski definition) is 6. The zero-order valence-electron chi connectivity index (χ0n) is 17.7. The van der Waals surface area contributed by atoms with Crippen LogP contribution in [-0.2, 0) is 16.0 Å². The average Bonchev–Trinajstić information content (AvgIpc) is 3.40. The molecule has 29 heavy (non-hydrogen) atoms. The highest BCUT2D eigenvalue weighted by Crippen LogP contribution is 2.10. The summed E-state index contributed by atoms with van der Waals surface area (Å²) in [5, 5.41) is 6.29.